The molecule has 0 saturated heterocycles. The molecule has 86 valence electrons. The Morgan fingerprint density at radius 3 is 2.62 bits per heavy atom. The Kier molecular flexibility index (Phi) is 4.32. The summed E-state index contributed by atoms with van der Waals surface area (Å²) < 4.78 is 0.523. The van der Waals surface area contributed by atoms with Gasteiger partial charge in [0, 0.05) is 9.50 Å². The smallest absolute Gasteiger partial charge is 0.325 e. The average molecular weight is 307 g/mol. The molecule has 0 spiro atoms. The molecule has 0 unspecified atom stereocenters. The van der Waals surface area contributed by atoms with E-state index in [1.807, 2.05) is 0 Å². The summed E-state index contributed by atoms with van der Waals surface area (Å²) in [5.74, 6) is -1.54. The zero-order valence-corrected chi connectivity index (χ0v) is 10.7. The molecule has 0 aromatic heterocycles. The van der Waals surface area contributed by atoms with Gasteiger partial charge in [0.1, 0.15) is 6.04 Å². The molecule has 16 heavy (non-hydrogen) atoms. The molecular formula is C10H9BrClNO3. The predicted octanol–water partition coefficient (Wildman–Crippen LogP) is 2.31. The summed E-state index contributed by atoms with van der Waals surface area (Å²) >= 11 is 8.90. The van der Waals surface area contributed by atoms with Crippen molar-refractivity contribution in [1.29, 1.82) is 0 Å². The number of amides is 1. The number of aliphatic carboxylic acids is 1. The lowest BCUT2D eigenvalue weighted by atomic mass is 10.2. The third kappa shape index (κ3) is 3.21. The lowest BCUT2D eigenvalue weighted by Gasteiger charge is -2.10. The fourth-order valence-corrected chi connectivity index (χ4v) is 1.87. The van der Waals surface area contributed by atoms with Gasteiger partial charge in [0.25, 0.3) is 5.91 Å². The molecule has 0 radical (unpaired) electrons. The molecule has 1 aromatic rings. The first-order chi connectivity index (χ1) is 7.41. The Morgan fingerprint density at radius 2 is 2.12 bits per heavy atom. The van der Waals surface area contributed by atoms with Gasteiger partial charge in [-0.2, -0.15) is 0 Å². The van der Waals surface area contributed by atoms with E-state index >= 15 is 0 Å². The molecule has 1 rings (SSSR count). The number of halogens is 2. The van der Waals surface area contributed by atoms with Crippen LogP contribution in [-0.4, -0.2) is 23.0 Å². The van der Waals surface area contributed by atoms with Crippen molar-refractivity contribution < 1.29 is 14.7 Å². The Hall–Kier alpha value is -1.07. The molecule has 1 atom stereocenters. The number of carboxylic acids is 1. The minimum Gasteiger partial charge on any atom is -0.480 e. The van der Waals surface area contributed by atoms with Crippen LogP contribution >= 0.6 is 27.5 Å². The van der Waals surface area contributed by atoms with E-state index in [-0.39, 0.29) is 0 Å². The topological polar surface area (TPSA) is 66.4 Å². The minimum absolute atomic E-state index is 0.345. The molecule has 4 nitrogen and oxygen atoms in total. The number of carbonyl (C=O) groups excluding carboxylic acids is 1. The van der Waals surface area contributed by atoms with Crippen LogP contribution in [0, 0.1) is 0 Å². The van der Waals surface area contributed by atoms with Crippen molar-refractivity contribution >= 4 is 39.4 Å². The van der Waals surface area contributed by atoms with Crippen LogP contribution in [0.5, 0.6) is 0 Å². The Bertz CT molecular complexity index is 436. The van der Waals surface area contributed by atoms with E-state index in [0.717, 1.165) is 0 Å². The standard InChI is InChI=1S/C10H9BrClNO3/c1-5(10(15)16)13-9(14)7-3-2-6(12)4-8(7)11/h2-5H,1H3,(H,13,14)(H,15,16)/t5-/m1/s1. The number of hydrogen-bond donors (Lipinski definition) is 2. The molecule has 0 heterocycles. The summed E-state index contributed by atoms with van der Waals surface area (Å²) in [6, 6.07) is 3.72. The normalized spacial score (nSPS) is 11.9. The molecule has 6 heteroatoms. The van der Waals surface area contributed by atoms with Crippen molar-refractivity contribution in [1.82, 2.24) is 5.32 Å². The first kappa shape index (κ1) is 13.0. The van der Waals surface area contributed by atoms with Gasteiger partial charge in [-0.3, -0.25) is 9.59 Å². The van der Waals surface area contributed by atoms with Gasteiger partial charge >= 0.3 is 5.97 Å². The van der Waals surface area contributed by atoms with Crippen LogP contribution in [0.3, 0.4) is 0 Å². The van der Waals surface area contributed by atoms with Gasteiger partial charge in [-0.15, -0.1) is 0 Å². The molecule has 1 aromatic carbocycles. The van der Waals surface area contributed by atoms with Crippen LogP contribution in [0.25, 0.3) is 0 Å². The van der Waals surface area contributed by atoms with Gasteiger partial charge in [-0.25, -0.2) is 0 Å². The third-order valence-electron chi connectivity index (χ3n) is 1.89. The predicted molar refractivity (Wildman–Crippen MR) is 63.7 cm³/mol. The molecule has 2 N–H and O–H groups in total. The quantitative estimate of drug-likeness (QED) is 0.900. The monoisotopic (exact) mass is 305 g/mol. The fraction of sp³-hybridized carbons (Fsp3) is 0.200. The number of hydrogen-bond acceptors (Lipinski definition) is 2. The highest BCUT2D eigenvalue weighted by atomic mass is 79.9. The van der Waals surface area contributed by atoms with E-state index in [2.05, 4.69) is 21.2 Å². The van der Waals surface area contributed by atoms with Crippen LogP contribution < -0.4 is 5.32 Å². The van der Waals surface area contributed by atoms with E-state index in [1.54, 1.807) is 12.1 Å². The van der Waals surface area contributed by atoms with Crippen LogP contribution in [0.4, 0.5) is 0 Å². The second-order valence-electron chi connectivity index (χ2n) is 3.16. The van der Waals surface area contributed by atoms with Crippen molar-refractivity contribution in [2.75, 3.05) is 0 Å². The maximum absolute atomic E-state index is 11.6. The highest BCUT2D eigenvalue weighted by molar-refractivity contribution is 9.10. The molecule has 0 saturated carbocycles. The molecule has 0 fully saturated rings. The maximum Gasteiger partial charge on any atom is 0.325 e. The van der Waals surface area contributed by atoms with Crippen molar-refractivity contribution in [3.8, 4) is 0 Å². The fourth-order valence-electron chi connectivity index (χ4n) is 1.01. The summed E-state index contributed by atoms with van der Waals surface area (Å²) in [6.07, 6.45) is 0. The van der Waals surface area contributed by atoms with E-state index in [4.69, 9.17) is 16.7 Å². The molecule has 0 aliphatic rings. The largest absolute Gasteiger partial charge is 0.480 e. The third-order valence-corrected chi connectivity index (χ3v) is 2.78. The number of carboxylic acid groups (broad SMARTS) is 1. The molecule has 1 amide bonds. The van der Waals surface area contributed by atoms with Crippen molar-refractivity contribution in [2.45, 2.75) is 13.0 Å². The molecule has 0 aliphatic carbocycles. The summed E-state index contributed by atoms with van der Waals surface area (Å²) in [6.45, 7) is 1.39. The van der Waals surface area contributed by atoms with Crippen molar-refractivity contribution in [3.05, 3.63) is 33.3 Å². The van der Waals surface area contributed by atoms with Crippen molar-refractivity contribution in [2.24, 2.45) is 0 Å². The summed E-state index contributed by atoms with van der Waals surface area (Å²) in [5, 5.41) is 11.5. The molecular weight excluding hydrogens is 297 g/mol. The summed E-state index contributed by atoms with van der Waals surface area (Å²) in [7, 11) is 0. The second kappa shape index (κ2) is 5.32. The van der Waals surface area contributed by atoms with Crippen LogP contribution in [0.1, 0.15) is 17.3 Å². The maximum atomic E-state index is 11.6. The first-order valence-electron chi connectivity index (χ1n) is 4.40. The van der Waals surface area contributed by atoms with Gasteiger partial charge in [-0.1, -0.05) is 11.6 Å². The Balaban J connectivity index is 2.85. The zero-order chi connectivity index (χ0) is 12.3. The lowest BCUT2D eigenvalue weighted by Crippen LogP contribution is -2.38. The first-order valence-corrected chi connectivity index (χ1v) is 5.57. The van der Waals surface area contributed by atoms with Crippen LogP contribution in [-0.2, 0) is 4.79 Å². The van der Waals surface area contributed by atoms with E-state index < -0.39 is 17.9 Å². The van der Waals surface area contributed by atoms with Crippen LogP contribution in [0.2, 0.25) is 5.02 Å². The second-order valence-corrected chi connectivity index (χ2v) is 4.45. The van der Waals surface area contributed by atoms with Crippen molar-refractivity contribution in [3.63, 3.8) is 0 Å². The average Bonchev–Trinajstić information content (AvgIpc) is 2.16. The van der Waals surface area contributed by atoms with Gasteiger partial charge in [-0.05, 0) is 41.1 Å². The highest BCUT2D eigenvalue weighted by Gasteiger charge is 2.16. The number of nitrogens with one attached hydrogen (secondary N) is 1. The van der Waals surface area contributed by atoms with Gasteiger partial charge in [0.05, 0.1) is 5.56 Å². The summed E-state index contributed by atoms with van der Waals surface area (Å²) in [4.78, 5) is 22.2. The molecule has 0 aliphatic heterocycles. The Labute approximate surface area is 106 Å². The Morgan fingerprint density at radius 1 is 1.50 bits per heavy atom. The highest BCUT2D eigenvalue weighted by Crippen LogP contribution is 2.21. The SMILES string of the molecule is C[C@@H](NC(=O)c1ccc(Cl)cc1Br)C(=O)O. The molecule has 0 bridgehead atoms. The van der Waals surface area contributed by atoms with Crippen LogP contribution in [0.15, 0.2) is 22.7 Å². The van der Waals surface area contributed by atoms with E-state index in [9.17, 15) is 9.59 Å². The van der Waals surface area contributed by atoms with Gasteiger partial charge in [0.15, 0.2) is 0 Å². The summed E-state index contributed by atoms with van der Waals surface area (Å²) in [5.41, 5.74) is 0.345. The van der Waals surface area contributed by atoms with Gasteiger partial charge < -0.3 is 10.4 Å². The lowest BCUT2D eigenvalue weighted by molar-refractivity contribution is -0.138. The minimum atomic E-state index is -1.08. The number of carbonyl (C=O) groups is 2. The van der Waals surface area contributed by atoms with E-state index in [0.29, 0.717) is 15.1 Å². The zero-order valence-electron chi connectivity index (χ0n) is 8.33. The van der Waals surface area contributed by atoms with E-state index in [1.165, 1.54) is 13.0 Å². The number of benzene rings is 1. The van der Waals surface area contributed by atoms with Gasteiger partial charge in [0.2, 0.25) is 0 Å². The number of rotatable bonds is 3.